The van der Waals surface area contributed by atoms with E-state index in [0.717, 1.165) is 5.56 Å². The molecule has 4 nitrogen and oxygen atoms in total. The van der Waals surface area contributed by atoms with E-state index < -0.39 is 10.0 Å². The predicted octanol–water partition coefficient (Wildman–Crippen LogP) is 0.594. The van der Waals surface area contributed by atoms with Crippen LogP contribution in [0.15, 0.2) is 24.3 Å². The molecular weight excluding hydrogens is 231 g/mol. The zero-order valence-corrected chi connectivity index (χ0v) is 9.63. The van der Waals surface area contributed by atoms with E-state index >= 15 is 0 Å². The summed E-state index contributed by atoms with van der Waals surface area (Å²) in [5, 5.41) is 7.90. The maximum atomic E-state index is 12.6. The highest BCUT2D eigenvalue weighted by Gasteiger charge is 2.01. The number of rotatable bonds is 6. The third kappa shape index (κ3) is 5.79. The van der Waals surface area contributed by atoms with Gasteiger partial charge >= 0.3 is 0 Å². The molecule has 0 aromatic heterocycles. The molecule has 0 bridgehead atoms. The van der Waals surface area contributed by atoms with Gasteiger partial charge in [0, 0.05) is 6.54 Å². The van der Waals surface area contributed by atoms with Gasteiger partial charge < -0.3 is 5.32 Å². The number of benzene rings is 1. The van der Waals surface area contributed by atoms with Crippen LogP contribution in [0, 0.1) is 5.82 Å². The Morgan fingerprint density at radius 3 is 2.44 bits per heavy atom. The topological polar surface area (TPSA) is 72.2 Å². The van der Waals surface area contributed by atoms with Gasteiger partial charge in [0.05, 0.1) is 5.75 Å². The number of primary sulfonamides is 1. The Balaban J connectivity index is 2.19. The Bertz CT molecular complexity index is 417. The minimum Gasteiger partial charge on any atom is -0.313 e. The van der Waals surface area contributed by atoms with Crippen LogP contribution in [0.1, 0.15) is 12.0 Å². The third-order valence-electron chi connectivity index (χ3n) is 2.02. The first-order valence-corrected chi connectivity index (χ1v) is 6.64. The molecule has 0 unspecified atom stereocenters. The van der Waals surface area contributed by atoms with E-state index in [1.165, 1.54) is 12.1 Å². The summed E-state index contributed by atoms with van der Waals surface area (Å²) in [5.74, 6) is -0.290. The zero-order valence-electron chi connectivity index (χ0n) is 8.82. The van der Waals surface area contributed by atoms with Crippen molar-refractivity contribution < 1.29 is 12.8 Å². The summed E-state index contributed by atoms with van der Waals surface area (Å²) >= 11 is 0. The lowest BCUT2D eigenvalue weighted by Crippen LogP contribution is -2.22. The van der Waals surface area contributed by atoms with Crippen LogP contribution >= 0.6 is 0 Å². The molecule has 90 valence electrons. The predicted molar refractivity (Wildman–Crippen MR) is 60.7 cm³/mol. The zero-order chi connectivity index (χ0) is 12.0. The summed E-state index contributed by atoms with van der Waals surface area (Å²) < 4.78 is 33.8. The molecule has 0 amide bonds. The Morgan fingerprint density at radius 2 is 1.88 bits per heavy atom. The number of halogens is 1. The average Bonchev–Trinajstić information content (AvgIpc) is 2.19. The Hall–Kier alpha value is -0.980. The van der Waals surface area contributed by atoms with Gasteiger partial charge in [-0.15, -0.1) is 0 Å². The van der Waals surface area contributed by atoms with Gasteiger partial charge in [0.25, 0.3) is 0 Å². The van der Waals surface area contributed by atoms with E-state index in [1.54, 1.807) is 12.1 Å². The van der Waals surface area contributed by atoms with Crippen molar-refractivity contribution in [1.82, 2.24) is 5.32 Å². The van der Waals surface area contributed by atoms with Crippen molar-refractivity contribution >= 4 is 10.0 Å². The molecule has 0 aliphatic rings. The molecule has 0 fully saturated rings. The van der Waals surface area contributed by atoms with Gasteiger partial charge in [0.2, 0.25) is 10.0 Å². The van der Waals surface area contributed by atoms with Crippen LogP contribution in [0.2, 0.25) is 0 Å². The second-order valence-corrected chi connectivity index (χ2v) is 5.26. The molecular formula is C10H15FN2O2S. The van der Waals surface area contributed by atoms with Crippen LogP contribution in [0.25, 0.3) is 0 Å². The smallest absolute Gasteiger partial charge is 0.209 e. The van der Waals surface area contributed by atoms with E-state index in [4.69, 9.17) is 5.14 Å². The van der Waals surface area contributed by atoms with Crippen molar-refractivity contribution in [1.29, 1.82) is 0 Å². The Morgan fingerprint density at radius 1 is 1.25 bits per heavy atom. The average molecular weight is 246 g/mol. The van der Waals surface area contributed by atoms with Gasteiger partial charge in [-0.05, 0) is 30.7 Å². The third-order valence-corrected chi connectivity index (χ3v) is 2.88. The fourth-order valence-corrected chi connectivity index (χ4v) is 1.78. The number of hydrogen-bond donors (Lipinski definition) is 2. The molecule has 1 aromatic rings. The van der Waals surface area contributed by atoms with Crippen LogP contribution in [0.3, 0.4) is 0 Å². The van der Waals surface area contributed by atoms with E-state index in [9.17, 15) is 12.8 Å². The molecule has 0 saturated heterocycles. The maximum Gasteiger partial charge on any atom is 0.209 e. The van der Waals surface area contributed by atoms with E-state index in [1.807, 2.05) is 0 Å². The van der Waals surface area contributed by atoms with E-state index in [0.29, 0.717) is 19.5 Å². The number of sulfonamides is 1. The molecule has 1 aromatic carbocycles. The summed E-state index contributed by atoms with van der Waals surface area (Å²) in [5.41, 5.74) is 0.956. The second-order valence-electron chi connectivity index (χ2n) is 3.52. The van der Waals surface area contributed by atoms with Gasteiger partial charge in [0.15, 0.2) is 0 Å². The first kappa shape index (κ1) is 13.1. The fourth-order valence-electron chi connectivity index (χ4n) is 1.23. The summed E-state index contributed by atoms with van der Waals surface area (Å²) in [6.45, 7) is 1.15. The van der Waals surface area contributed by atoms with E-state index in [-0.39, 0.29) is 11.6 Å². The monoisotopic (exact) mass is 246 g/mol. The van der Waals surface area contributed by atoms with Gasteiger partial charge in [-0.1, -0.05) is 12.1 Å². The van der Waals surface area contributed by atoms with Crippen LogP contribution in [-0.4, -0.2) is 20.7 Å². The molecule has 0 aliphatic carbocycles. The second kappa shape index (κ2) is 5.93. The molecule has 0 radical (unpaired) electrons. The van der Waals surface area contributed by atoms with E-state index in [2.05, 4.69) is 5.32 Å². The summed E-state index contributed by atoms with van der Waals surface area (Å²) in [6.07, 6.45) is 0.472. The van der Waals surface area contributed by atoms with Crippen molar-refractivity contribution in [2.75, 3.05) is 12.3 Å². The fraction of sp³-hybridized carbons (Fsp3) is 0.400. The molecule has 0 spiro atoms. The lowest BCUT2D eigenvalue weighted by molar-refractivity contribution is 0.590. The largest absolute Gasteiger partial charge is 0.313 e. The van der Waals surface area contributed by atoms with Crippen molar-refractivity contribution in [2.45, 2.75) is 13.0 Å². The molecule has 0 heterocycles. The Labute approximate surface area is 94.7 Å². The normalized spacial score (nSPS) is 11.6. The van der Waals surface area contributed by atoms with Crippen LogP contribution in [0.5, 0.6) is 0 Å². The summed E-state index contributed by atoms with van der Waals surface area (Å²) in [6, 6.07) is 6.15. The van der Waals surface area contributed by atoms with Crippen LogP contribution in [-0.2, 0) is 16.6 Å². The van der Waals surface area contributed by atoms with Crippen LogP contribution in [0.4, 0.5) is 4.39 Å². The molecule has 1 rings (SSSR count). The van der Waals surface area contributed by atoms with Crippen molar-refractivity contribution in [3.8, 4) is 0 Å². The van der Waals surface area contributed by atoms with Crippen molar-refractivity contribution in [2.24, 2.45) is 5.14 Å². The highest BCUT2D eigenvalue weighted by molar-refractivity contribution is 7.89. The lowest BCUT2D eigenvalue weighted by Gasteiger charge is -2.04. The first-order chi connectivity index (χ1) is 7.47. The minimum absolute atomic E-state index is 0.0244. The van der Waals surface area contributed by atoms with Gasteiger partial charge in [-0.2, -0.15) is 0 Å². The van der Waals surface area contributed by atoms with Gasteiger partial charge in [0.1, 0.15) is 5.82 Å². The molecule has 16 heavy (non-hydrogen) atoms. The highest BCUT2D eigenvalue weighted by atomic mass is 32.2. The molecule has 0 aliphatic heterocycles. The molecule has 3 N–H and O–H groups in total. The minimum atomic E-state index is -3.36. The SMILES string of the molecule is NS(=O)(=O)CCCNCc1ccc(F)cc1. The standard InChI is InChI=1S/C10H15FN2O2S/c11-10-4-2-9(3-5-10)8-13-6-1-7-16(12,14)15/h2-5,13H,1,6-8H2,(H2,12,14,15). The maximum absolute atomic E-state index is 12.6. The molecule has 6 heteroatoms. The number of nitrogens with one attached hydrogen (secondary N) is 1. The highest BCUT2D eigenvalue weighted by Crippen LogP contribution is 2.01. The number of nitrogens with two attached hydrogens (primary N) is 1. The molecule has 0 saturated carbocycles. The Kier molecular flexibility index (Phi) is 4.85. The molecule has 0 atom stereocenters. The number of hydrogen-bond acceptors (Lipinski definition) is 3. The van der Waals surface area contributed by atoms with Crippen molar-refractivity contribution in [3.05, 3.63) is 35.6 Å². The lowest BCUT2D eigenvalue weighted by atomic mass is 10.2. The van der Waals surface area contributed by atoms with Crippen molar-refractivity contribution in [3.63, 3.8) is 0 Å². The first-order valence-electron chi connectivity index (χ1n) is 4.93. The quantitative estimate of drug-likeness (QED) is 0.722. The summed E-state index contributed by atoms with van der Waals surface area (Å²) in [7, 11) is -3.36. The van der Waals surface area contributed by atoms with Gasteiger partial charge in [-0.3, -0.25) is 0 Å². The van der Waals surface area contributed by atoms with Crippen LogP contribution < -0.4 is 10.5 Å². The van der Waals surface area contributed by atoms with Gasteiger partial charge in [-0.25, -0.2) is 17.9 Å². The summed E-state index contributed by atoms with van der Waals surface area (Å²) in [4.78, 5) is 0.